The van der Waals surface area contributed by atoms with Gasteiger partial charge in [-0.2, -0.15) is 16.9 Å². The first-order valence-corrected chi connectivity index (χ1v) is 9.56. The number of alkyl halides is 1. The molecule has 2 heterocycles. The van der Waals surface area contributed by atoms with Crippen molar-refractivity contribution in [1.29, 1.82) is 0 Å². The van der Waals surface area contributed by atoms with Crippen molar-refractivity contribution in [2.45, 2.75) is 57.4 Å². The molecule has 2 atom stereocenters. The molecule has 0 radical (unpaired) electrons. The first-order valence-electron chi connectivity index (χ1n) is 7.74. The van der Waals surface area contributed by atoms with Crippen LogP contribution in [0.4, 0.5) is 0 Å². The Morgan fingerprint density at radius 1 is 1.38 bits per heavy atom. The van der Waals surface area contributed by atoms with Gasteiger partial charge in [-0.15, -0.1) is 11.6 Å². The zero-order valence-corrected chi connectivity index (χ0v) is 14.5. The van der Waals surface area contributed by atoms with E-state index in [1.54, 1.807) is 0 Å². The highest BCUT2D eigenvalue weighted by Crippen LogP contribution is 2.40. The van der Waals surface area contributed by atoms with E-state index in [4.69, 9.17) is 16.6 Å². The van der Waals surface area contributed by atoms with Crippen LogP contribution in [0.1, 0.15) is 43.7 Å². The van der Waals surface area contributed by atoms with Crippen LogP contribution in [0.2, 0.25) is 0 Å². The Hall–Kier alpha value is -0.680. The van der Waals surface area contributed by atoms with Crippen LogP contribution in [0.15, 0.2) is 0 Å². The molecular weight excluding hydrogens is 304 g/mol. The maximum atomic E-state index is 6.01. The lowest BCUT2D eigenvalue weighted by atomic mass is 10.2. The number of aryl methyl sites for hydroxylation is 3. The van der Waals surface area contributed by atoms with Gasteiger partial charge < -0.3 is 4.57 Å². The van der Waals surface area contributed by atoms with Crippen molar-refractivity contribution < 1.29 is 0 Å². The van der Waals surface area contributed by atoms with Crippen LogP contribution >= 0.6 is 23.4 Å². The van der Waals surface area contributed by atoms with Crippen LogP contribution in [0.5, 0.6) is 0 Å². The summed E-state index contributed by atoms with van der Waals surface area (Å²) in [5.41, 5.74) is 3.28. The standard InChI is InChI=1S/C15H23ClN4S/c1-4-19-15-14(10(2)18-19)17-13(8-9-16)20(15)11-6-5-7-12(11)21-3/h11-12H,4-9H2,1-3H3. The molecule has 0 bridgehead atoms. The van der Waals surface area contributed by atoms with Crippen molar-refractivity contribution in [3.05, 3.63) is 11.5 Å². The summed E-state index contributed by atoms with van der Waals surface area (Å²) in [7, 11) is 0. The van der Waals surface area contributed by atoms with Crippen molar-refractivity contribution in [2.75, 3.05) is 12.1 Å². The topological polar surface area (TPSA) is 35.6 Å². The average Bonchev–Trinajstić information content (AvgIpc) is 3.14. The number of nitrogens with zero attached hydrogens (tertiary/aromatic N) is 4. The van der Waals surface area contributed by atoms with E-state index in [2.05, 4.69) is 34.5 Å². The van der Waals surface area contributed by atoms with Crippen LogP contribution < -0.4 is 0 Å². The third kappa shape index (κ3) is 2.48. The fourth-order valence-electron chi connectivity index (χ4n) is 3.54. The molecule has 0 aromatic carbocycles. The second kappa shape index (κ2) is 6.21. The van der Waals surface area contributed by atoms with Crippen molar-refractivity contribution in [2.24, 2.45) is 0 Å². The molecule has 2 aromatic rings. The lowest BCUT2D eigenvalue weighted by Crippen LogP contribution is -2.20. The zero-order chi connectivity index (χ0) is 15.0. The van der Waals surface area contributed by atoms with Crippen molar-refractivity contribution in [3.63, 3.8) is 0 Å². The minimum absolute atomic E-state index is 0.532. The fourth-order valence-corrected chi connectivity index (χ4v) is 4.68. The molecule has 0 spiro atoms. The van der Waals surface area contributed by atoms with Gasteiger partial charge in [0.15, 0.2) is 5.65 Å². The van der Waals surface area contributed by atoms with Crippen LogP contribution in [0.3, 0.4) is 0 Å². The third-order valence-corrected chi connectivity index (χ3v) is 5.83. The number of hydrogen-bond acceptors (Lipinski definition) is 3. The summed E-state index contributed by atoms with van der Waals surface area (Å²) in [6.07, 6.45) is 6.89. The molecule has 4 nitrogen and oxygen atoms in total. The van der Waals surface area contributed by atoms with Crippen LogP contribution in [-0.4, -0.2) is 36.7 Å². The summed E-state index contributed by atoms with van der Waals surface area (Å²) in [5, 5.41) is 5.32. The predicted molar refractivity (Wildman–Crippen MR) is 90.5 cm³/mol. The number of rotatable bonds is 5. The SMILES string of the molecule is CCn1nc(C)c2nc(CCCl)n(C3CCCC3SC)c21. The lowest BCUT2D eigenvalue weighted by molar-refractivity contribution is 0.504. The number of thioether (sulfide) groups is 1. The Bertz CT molecular complexity index is 633. The van der Waals surface area contributed by atoms with Gasteiger partial charge >= 0.3 is 0 Å². The van der Waals surface area contributed by atoms with Gasteiger partial charge in [-0.3, -0.25) is 0 Å². The molecule has 21 heavy (non-hydrogen) atoms. The van der Waals surface area contributed by atoms with Gasteiger partial charge in [-0.25, -0.2) is 9.67 Å². The van der Waals surface area contributed by atoms with Crippen molar-refractivity contribution in [3.8, 4) is 0 Å². The van der Waals surface area contributed by atoms with Crippen LogP contribution in [-0.2, 0) is 13.0 Å². The minimum Gasteiger partial charge on any atom is -0.309 e. The van der Waals surface area contributed by atoms with E-state index < -0.39 is 0 Å². The van der Waals surface area contributed by atoms with Gasteiger partial charge in [0.1, 0.15) is 11.3 Å². The molecule has 0 amide bonds. The number of hydrogen-bond donors (Lipinski definition) is 0. The van der Waals surface area contributed by atoms with E-state index >= 15 is 0 Å². The highest BCUT2D eigenvalue weighted by molar-refractivity contribution is 7.99. The lowest BCUT2D eigenvalue weighted by Gasteiger charge is -2.22. The summed E-state index contributed by atoms with van der Waals surface area (Å²) in [4.78, 5) is 4.87. The van der Waals surface area contributed by atoms with E-state index in [-0.39, 0.29) is 0 Å². The van der Waals surface area contributed by atoms with Crippen molar-refractivity contribution >= 4 is 34.5 Å². The van der Waals surface area contributed by atoms with Crippen LogP contribution in [0, 0.1) is 6.92 Å². The molecule has 3 rings (SSSR count). The third-order valence-electron chi connectivity index (χ3n) is 4.49. The molecule has 0 saturated heterocycles. The van der Waals surface area contributed by atoms with Gasteiger partial charge in [-0.1, -0.05) is 6.42 Å². The summed E-state index contributed by atoms with van der Waals surface area (Å²) in [6, 6.07) is 0.532. The number of fused-ring (bicyclic) bond motifs is 1. The number of imidazole rings is 1. The molecule has 2 unspecified atom stereocenters. The smallest absolute Gasteiger partial charge is 0.159 e. The largest absolute Gasteiger partial charge is 0.309 e. The van der Waals surface area contributed by atoms with Gasteiger partial charge in [0.05, 0.1) is 5.69 Å². The Labute approximate surface area is 135 Å². The maximum absolute atomic E-state index is 6.01. The predicted octanol–water partition coefficient (Wildman–Crippen LogP) is 3.80. The first kappa shape index (κ1) is 15.2. The summed E-state index contributed by atoms with van der Waals surface area (Å²) in [6.45, 7) is 5.08. The summed E-state index contributed by atoms with van der Waals surface area (Å²) >= 11 is 8.00. The highest BCUT2D eigenvalue weighted by Gasteiger charge is 2.32. The minimum atomic E-state index is 0.532. The van der Waals surface area contributed by atoms with E-state index in [9.17, 15) is 0 Å². The Morgan fingerprint density at radius 2 is 2.19 bits per heavy atom. The molecule has 1 aliphatic carbocycles. The number of aromatic nitrogens is 4. The van der Waals surface area contributed by atoms with E-state index in [1.165, 1.54) is 24.9 Å². The molecule has 1 saturated carbocycles. The number of halogens is 1. The average molecular weight is 327 g/mol. The van der Waals surface area contributed by atoms with E-state index in [1.807, 2.05) is 11.8 Å². The quantitative estimate of drug-likeness (QED) is 0.784. The Balaban J connectivity index is 2.19. The normalized spacial score (nSPS) is 22.5. The second-order valence-corrected chi connectivity index (χ2v) is 7.14. The Kier molecular flexibility index (Phi) is 4.50. The molecule has 116 valence electrons. The molecule has 2 aromatic heterocycles. The van der Waals surface area contributed by atoms with Crippen LogP contribution in [0.25, 0.3) is 11.2 Å². The van der Waals surface area contributed by atoms with E-state index in [0.29, 0.717) is 17.2 Å². The molecule has 0 aliphatic heterocycles. The molecule has 0 N–H and O–H groups in total. The molecule has 6 heteroatoms. The van der Waals surface area contributed by atoms with Crippen molar-refractivity contribution in [1.82, 2.24) is 19.3 Å². The monoisotopic (exact) mass is 326 g/mol. The molecule has 1 aliphatic rings. The van der Waals surface area contributed by atoms with Gasteiger partial charge in [0, 0.05) is 30.1 Å². The van der Waals surface area contributed by atoms with Gasteiger partial charge in [0.25, 0.3) is 0 Å². The highest BCUT2D eigenvalue weighted by atomic mass is 35.5. The summed E-state index contributed by atoms with van der Waals surface area (Å²) in [5.74, 6) is 1.75. The maximum Gasteiger partial charge on any atom is 0.159 e. The first-order chi connectivity index (χ1) is 10.2. The molecular formula is C15H23ClN4S. The zero-order valence-electron chi connectivity index (χ0n) is 13.0. The fraction of sp³-hybridized carbons (Fsp3) is 0.733. The second-order valence-electron chi connectivity index (χ2n) is 5.68. The van der Waals surface area contributed by atoms with Gasteiger partial charge in [-0.05, 0) is 32.9 Å². The van der Waals surface area contributed by atoms with Gasteiger partial charge in [0.2, 0.25) is 0 Å². The Morgan fingerprint density at radius 3 is 2.86 bits per heavy atom. The molecule has 1 fully saturated rings. The summed E-state index contributed by atoms with van der Waals surface area (Å²) < 4.78 is 4.56. The van der Waals surface area contributed by atoms with E-state index in [0.717, 1.165) is 30.0 Å².